The maximum absolute atomic E-state index is 13.8. The first kappa shape index (κ1) is 17.6. The van der Waals surface area contributed by atoms with Crippen LogP contribution >= 0.6 is 0 Å². The number of hydrogen-bond donors (Lipinski definition) is 0. The molecule has 0 atom stereocenters. The molecule has 1 fully saturated rings. The molecule has 0 spiro atoms. The fourth-order valence-electron chi connectivity index (χ4n) is 3.18. The van der Waals surface area contributed by atoms with Crippen LogP contribution in [0.1, 0.15) is 56.9 Å². The second-order valence-corrected chi connectivity index (χ2v) is 6.03. The molecule has 0 amide bonds. The molecule has 23 heavy (non-hydrogen) atoms. The Hall–Kier alpha value is -1.71. The zero-order valence-electron chi connectivity index (χ0n) is 13.6. The number of carbonyl (C=O) groups is 1. The van der Waals surface area contributed by atoms with Gasteiger partial charge in [0.2, 0.25) is 0 Å². The molecule has 0 saturated heterocycles. The van der Waals surface area contributed by atoms with Gasteiger partial charge >= 0.3 is 5.97 Å². The number of carbonyl (C=O) groups excluding carboxylic acids is 1. The number of ether oxygens (including phenoxy) is 1. The molecule has 0 N–H and O–H groups in total. The first-order chi connectivity index (χ1) is 11.1. The van der Waals surface area contributed by atoms with Crippen molar-refractivity contribution in [3.05, 3.63) is 47.5 Å². The van der Waals surface area contributed by atoms with Gasteiger partial charge < -0.3 is 4.74 Å². The smallest absolute Gasteiger partial charge is 0.306 e. The van der Waals surface area contributed by atoms with Crippen LogP contribution in [0.3, 0.4) is 0 Å². The summed E-state index contributed by atoms with van der Waals surface area (Å²) in [5.41, 5.74) is 0.509. The zero-order valence-corrected chi connectivity index (χ0v) is 13.6. The summed E-state index contributed by atoms with van der Waals surface area (Å²) in [4.78, 5) is 11.2. The third kappa shape index (κ3) is 5.15. The Balaban J connectivity index is 1.78. The SMILES string of the molecule is CCOC(=O)CCC=C[C@H]1CC[C@H](c2cccc(F)c2F)CC1. The lowest BCUT2D eigenvalue weighted by Gasteiger charge is -2.27. The Morgan fingerprint density at radius 3 is 2.70 bits per heavy atom. The van der Waals surface area contributed by atoms with Crippen LogP contribution in [-0.4, -0.2) is 12.6 Å². The normalized spacial score (nSPS) is 21.5. The lowest BCUT2D eigenvalue weighted by molar-refractivity contribution is -0.143. The number of hydrogen-bond acceptors (Lipinski definition) is 2. The fraction of sp³-hybridized carbons (Fsp3) is 0.526. The van der Waals surface area contributed by atoms with Crippen molar-refractivity contribution >= 4 is 5.97 Å². The van der Waals surface area contributed by atoms with Crippen LogP contribution in [-0.2, 0) is 9.53 Å². The molecule has 1 aromatic carbocycles. The van der Waals surface area contributed by atoms with Crippen LogP contribution in [0.4, 0.5) is 8.78 Å². The molecule has 1 aliphatic rings. The van der Waals surface area contributed by atoms with E-state index in [1.54, 1.807) is 19.1 Å². The number of rotatable bonds is 6. The van der Waals surface area contributed by atoms with E-state index in [1.165, 1.54) is 0 Å². The quantitative estimate of drug-likeness (QED) is 0.535. The number of halogens is 2. The van der Waals surface area contributed by atoms with Gasteiger partial charge in [0.15, 0.2) is 11.6 Å². The van der Waals surface area contributed by atoms with E-state index in [-0.39, 0.29) is 11.9 Å². The monoisotopic (exact) mass is 322 g/mol. The van der Waals surface area contributed by atoms with Crippen molar-refractivity contribution in [2.45, 2.75) is 51.4 Å². The molecule has 126 valence electrons. The van der Waals surface area contributed by atoms with Crippen LogP contribution < -0.4 is 0 Å². The topological polar surface area (TPSA) is 26.3 Å². The average Bonchev–Trinajstić information content (AvgIpc) is 2.55. The van der Waals surface area contributed by atoms with E-state index in [9.17, 15) is 13.6 Å². The number of benzene rings is 1. The summed E-state index contributed by atoms with van der Waals surface area (Å²) in [6.07, 6.45) is 8.96. The first-order valence-electron chi connectivity index (χ1n) is 8.38. The molecule has 0 heterocycles. The van der Waals surface area contributed by atoms with Crippen molar-refractivity contribution in [2.24, 2.45) is 5.92 Å². The fourth-order valence-corrected chi connectivity index (χ4v) is 3.18. The van der Waals surface area contributed by atoms with Gasteiger partial charge in [-0.05, 0) is 62.5 Å². The van der Waals surface area contributed by atoms with E-state index in [0.717, 1.165) is 31.7 Å². The van der Waals surface area contributed by atoms with Gasteiger partial charge in [0.25, 0.3) is 0 Å². The zero-order chi connectivity index (χ0) is 16.7. The minimum absolute atomic E-state index is 0.106. The Labute approximate surface area is 136 Å². The molecule has 1 aromatic rings. The van der Waals surface area contributed by atoms with Gasteiger partial charge in [-0.25, -0.2) is 8.78 Å². The third-order valence-electron chi connectivity index (χ3n) is 4.42. The number of esters is 1. The molecule has 0 bridgehead atoms. The lowest BCUT2D eigenvalue weighted by Crippen LogP contribution is -2.13. The van der Waals surface area contributed by atoms with E-state index < -0.39 is 11.6 Å². The number of allylic oxidation sites excluding steroid dienone is 2. The van der Waals surface area contributed by atoms with E-state index >= 15 is 0 Å². The van der Waals surface area contributed by atoms with Crippen LogP contribution in [0.25, 0.3) is 0 Å². The third-order valence-corrected chi connectivity index (χ3v) is 4.42. The molecule has 0 aliphatic heterocycles. The largest absolute Gasteiger partial charge is 0.466 e. The summed E-state index contributed by atoms with van der Waals surface area (Å²) in [5, 5.41) is 0. The van der Waals surface area contributed by atoms with Crippen molar-refractivity contribution in [1.82, 2.24) is 0 Å². The lowest BCUT2D eigenvalue weighted by atomic mass is 9.78. The van der Waals surface area contributed by atoms with Gasteiger partial charge in [-0.3, -0.25) is 4.79 Å². The summed E-state index contributed by atoms with van der Waals surface area (Å²) >= 11 is 0. The highest BCUT2D eigenvalue weighted by molar-refractivity contribution is 5.69. The molecule has 2 nitrogen and oxygen atoms in total. The predicted octanol–water partition coefficient (Wildman–Crippen LogP) is 5.14. The van der Waals surface area contributed by atoms with Gasteiger partial charge in [-0.2, -0.15) is 0 Å². The molecule has 1 aliphatic carbocycles. The molecular formula is C19H24F2O2. The van der Waals surface area contributed by atoms with Crippen molar-refractivity contribution in [1.29, 1.82) is 0 Å². The van der Waals surface area contributed by atoms with Crippen LogP contribution in [0, 0.1) is 17.6 Å². The Morgan fingerprint density at radius 2 is 2.00 bits per heavy atom. The summed E-state index contributed by atoms with van der Waals surface area (Å²) in [6.45, 7) is 2.22. The van der Waals surface area contributed by atoms with Crippen molar-refractivity contribution in [3.63, 3.8) is 0 Å². The Bertz CT molecular complexity index is 546. The standard InChI is InChI=1S/C19H24F2O2/c1-2-23-18(22)9-4-3-6-14-10-12-15(13-11-14)16-7-5-8-17(20)19(16)21/h3,5-8,14-15H,2,4,9-13H2,1H3/t14-,15-. The highest BCUT2D eigenvalue weighted by Crippen LogP contribution is 2.37. The summed E-state index contributed by atoms with van der Waals surface area (Å²) in [5.74, 6) is -1.05. The summed E-state index contributed by atoms with van der Waals surface area (Å²) in [6, 6.07) is 4.43. The van der Waals surface area contributed by atoms with Crippen molar-refractivity contribution < 1.29 is 18.3 Å². The second kappa shape index (κ2) is 8.80. The Morgan fingerprint density at radius 1 is 1.26 bits per heavy atom. The first-order valence-corrected chi connectivity index (χ1v) is 8.38. The van der Waals surface area contributed by atoms with Gasteiger partial charge in [0.05, 0.1) is 6.61 Å². The van der Waals surface area contributed by atoms with Crippen LogP contribution in [0.5, 0.6) is 0 Å². The van der Waals surface area contributed by atoms with E-state index in [4.69, 9.17) is 4.74 Å². The summed E-state index contributed by atoms with van der Waals surface area (Å²) in [7, 11) is 0. The molecule has 0 radical (unpaired) electrons. The molecule has 0 unspecified atom stereocenters. The maximum atomic E-state index is 13.8. The molecule has 4 heteroatoms. The highest BCUT2D eigenvalue weighted by Gasteiger charge is 2.24. The highest BCUT2D eigenvalue weighted by atomic mass is 19.2. The molecule has 2 rings (SSSR count). The Kier molecular flexibility index (Phi) is 6.75. The summed E-state index contributed by atoms with van der Waals surface area (Å²) < 4.78 is 32.0. The maximum Gasteiger partial charge on any atom is 0.306 e. The predicted molar refractivity (Wildman–Crippen MR) is 86.1 cm³/mol. The minimum Gasteiger partial charge on any atom is -0.466 e. The van der Waals surface area contributed by atoms with E-state index in [1.807, 2.05) is 6.08 Å². The minimum atomic E-state index is -0.761. The van der Waals surface area contributed by atoms with Gasteiger partial charge in [-0.1, -0.05) is 24.3 Å². The molecule has 0 aromatic heterocycles. The average molecular weight is 322 g/mol. The van der Waals surface area contributed by atoms with E-state index in [0.29, 0.717) is 30.9 Å². The van der Waals surface area contributed by atoms with Crippen molar-refractivity contribution in [3.8, 4) is 0 Å². The van der Waals surface area contributed by atoms with Gasteiger partial charge in [-0.15, -0.1) is 0 Å². The van der Waals surface area contributed by atoms with Gasteiger partial charge in [0, 0.05) is 6.42 Å². The van der Waals surface area contributed by atoms with Crippen LogP contribution in [0.15, 0.2) is 30.4 Å². The molecule has 1 saturated carbocycles. The van der Waals surface area contributed by atoms with Crippen molar-refractivity contribution in [2.75, 3.05) is 6.61 Å². The molecular weight excluding hydrogens is 298 g/mol. The van der Waals surface area contributed by atoms with Gasteiger partial charge in [0.1, 0.15) is 0 Å². The second-order valence-electron chi connectivity index (χ2n) is 6.03. The van der Waals surface area contributed by atoms with E-state index in [2.05, 4.69) is 6.08 Å². The van der Waals surface area contributed by atoms with Crippen LogP contribution in [0.2, 0.25) is 0 Å².